The first-order valence-corrected chi connectivity index (χ1v) is 6.35. The van der Waals surface area contributed by atoms with Gasteiger partial charge in [0.05, 0.1) is 4.47 Å². The Bertz CT molecular complexity index is 501. The molecule has 0 aliphatic rings. The summed E-state index contributed by atoms with van der Waals surface area (Å²) in [7, 11) is 1.89. The second-order valence-electron chi connectivity index (χ2n) is 3.26. The van der Waals surface area contributed by atoms with Crippen molar-refractivity contribution >= 4 is 27.7 Å². The van der Waals surface area contributed by atoms with E-state index < -0.39 is 0 Å². The topological polar surface area (TPSA) is 30.7 Å². The molecule has 0 aliphatic carbocycles. The highest BCUT2D eigenvalue weighted by Crippen LogP contribution is 2.23. The maximum absolute atomic E-state index is 13.0. The first kappa shape index (κ1) is 11.6. The third-order valence-corrected chi connectivity index (χ3v) is 3.74. The number of benzene rings is 1. The summed E-state index contributed by atoms with van der Waals surface area (Å²) < 4.78 is 15.3. The molecule has 0 N–H and O–H groups in total. The number of aryl methyl sites for hydroxylation is 1. The highest BCUT2D eigenvalue weighted by Gasteiger charge is 2.04. The van der Waals surface area contributed by atoms with E-state index in [0.29, 0.717) is 4.47 Å². The Morgan fingerprint density at radius 2 is 2.31 bits per heavy atom. The molecule has 2 rings (SSSR count). The Hall–Kier alpha value is -0.880. The molecule has 0 fully saturated rings. The summed E-state index contributed by atoms with van der Waals surface area (Å²) in [5, 5.41) is 8.60. The number of thioether (sulfide) groups is 1. The van der Waals surface area contributed by atoms with Crippen LogP contribution in [0.2, 0.25) is 0 Å². The van der Waals surface area contributed by atoms with Gasteiger partial charge in [0.15, 0.2) is 5.16 Å². The minimum Gasteiger partial charge on any atom is -0.312 e. The van der Waals surface area contributed by atoms with Gasteiger partial charge in [-0.25, -0.2) is 4.39 Å². The zero-order valence-corrected chi connectivity index (χ0v) is 10.9. The van der Waals surface area contributed by atoms with Gasteiger partial charge in [-0.1, -0.05) is 17.8 Å². The van der Waals surface area contributed by atoms with Crippen LogP contribution < -0.4 is 0 Å². The fraction of sp³-hybridized carbons (Fsp3) is 0.200. The van der Waals surface area contributed by atoms with Gasteiger partial charge in [0.25, 0.3) is 0 Å². The van der Waals surface area contributed by atoms with Gasteiger partial charge in [0.2, 0.25) is 0 Å². The predicted octanol–water partition coefficient (Wildman–Crippen LogP) is 3.01. The molecule has 3 nitrogen and oxygen atoms in total. The number of nitrogens with zero attached hydrogens (tertiary/aromatic N) is 3. The third-order valence-electron chi connectivity index (χ3n) is 2.02. The van der Waals surface area contributed by atoms with Crippen LogP contribution >= 0.6 is 27.7 Å². The Labute approximate surface area is 105 Å². The summed E-state index contributed by atoms with van der Waals surface area (Å²) >= 11 is 4.73. The number of hydrogen-bond acceptors (Lipinski definition) is 3. The van der Waals surface area contributed by atoms with Gasteiger partial charge in [-0.3, -0.25) is 0 Å². The van der Waals surface area contributed by atoms with Crippen LogP contribution in [0.25, 0.3) is 0 Å². The van der Waals surface area contributed by atoms with Crippen molar-refractivity contribution in [3.63, 3.8) is 0 Å². The molecule has 84 valence electrons. The molecule has 1 aromatic carbocycles. The van der Waals surface area contributed by atoms with Crippen molar-refractivity contribution < 1.29 is 4.39 Å². The Balaban J connectivity index is 2.05. The van der Waals surface area contributed by atoms with Gasteiger partial charge < -0.3 is 4.57 Å². The van der Waals surface area contributed by atoms with E-state index in [4.69, 9.17) is 0 Å². The van der Waals surface area contributed by atoms with Crippen LogP contribution in [-0.4, -0.2) is 14.8 Å². The van der Waals surface area contributed by atoms with Gasteiger partial charge in [-0.2, -0.15) is 0 Å². The van der Waals surface area contributed by atoms with E-state index >= 15 is 0 Å². The summed E-state index contributed by atoms with van der Waals surface area (Å²) in [4.78, 5) is 0. The molecular formula is C10H9BrFN3S. The van der Waals surface area contributed by atoms with Crippen molar-refractivity contribution in [1.29, 1.82) is 0 Å². The summed E-state index contributed by atoms with van der Waals surface area (Å²) in [6, 6.07) is 5.00. The van der Waals surface area contributed by atoms with Gasteiger partial charge in [-0.05, 0) is 33.6 Å². The Kier molecular flexibility index (Phi) is 3.60. The normalized spacial score (nSPS) is 10.7. The first-order valence-electron chi connectivity index (χ1n) is 4.57. The second-order valence-corrected chi connectivity index (χ2v) is 5.06. The van der Waals surface area contributed by atoms with Crippen LogP contribution in [0, 0.1) is 5.82 Å². The summed E-state index contributed by atoms with van der Waals surface area (Å²) in [6.45, 7) is 0. The first-order chi connectivity index (χ1) is 7.66. The number of halogens is 2. The summed E-state index contributed by atoms with van der Waals surface area (Å²) in [5.74, 6) is 0.498. The molecular weight excluding hydrogens is 293 g/mol. The Morgan fingerprint density at radius 3 is 2.94 bits per heavy atom. The molecule has 0 spiro atoms. The van der Waals surface area contributed by atoms with Crippen molar-refractivity contribution in [2.24, 2.45) is 7.05 Å². The van der Waals surface area contributed by atoms with Crippen molar-refractivity contribution in [2.75, 3.05) is 0 Å². The van der Waals surface area contributed by atoms with E-state index in [1.807, 2.05) is 11.6 Å². The van der Waals surface area contributed by atoms with Crippen LogP contribution in [0.5, 0.6) is 0 Å². The van der Waals surface area contributed by atoms with E-state index in [-0.39, 0.29) is 5.82 Å². The lowest BCUT2D eigenvalue weighted by Gasteiger charge is -2.02. The smallest absolute Gasteiger partial charge is 0.191 e. The molecule has 0 aliphatic heterocycles. The highest BCUT2D eigenvalue weighted by molar-refractivity contribution is 9.10. The molecule has 0 atom stereocenters. The van der Waals surface area contributed by atoms with Gasteiger partial charge in [-0.15, -0.1) is 10.2 Å². The molecule has 0 saturated heterocycles. The fourth-order valence-electron chi connectivity index (χ4n) is 1.18. The minimum absolute atomic E-state index is 0.243. The van der Waals surface area contributed by atoms with Crippen LogP contribution in [0.3, 0.4) is 0 Å². The van der Waals surface area contributed by atoms with Crippen molar-refractivity contribution in [2.45, 2.75) is 10.9 Å². The molecule has 0 radical (unpaired) electrons. The summed E-state index contributed by atoms with van der Waals surface area (Å²) in [6.07, 6.45) is 1.66. The predicted molar refractivity (Wildman–Crippen MR) is 64.7 cm³/mol. The fourth-order valence-corrected chi connectivity index (χ4v) is 2.44. The average molecular weight is 302 g/mol. The Morgan fingerprint density at radius 1 is 1.50 bits per heavy atom. The highest BCUT2D eigenvalue weighted by atomic mass is 79.9. The number of hydrogen-bond donors (Lipinski definition) is 0. The SMILES string of the molecule is Cn1cnnc1SCc1ccc(F)c(Br)c1. The molecule has 0 amide bonds. The van der Waals surface area contributed by atoms with E-state index in [1.165, 1.54) is 6.07 Å². The lowest BCUT2D eigenvalue weighted by molar-refractivity contribution is 0.620. The standard InChI is InChI=1S/C10H9BrFN3S/c1-15-6-13-14-10(15)16-5-7-2-3-9(12)8(11)4-7/h2-4,6H,5H2,1H3. The zero-order valence-electron chi connectivity index (χ0n) is 8.52. The zero-order chi connectivity index (χ0) is 11.5. The van der Waals surface area contributed by atoms with E-state index in [2.05, 4.69) is 26.1 Å². The van der Waals surface area contributed by atoms with E-state index in [9.17, 15) is 4.39 Å². The summed E-state index contributed by atoms with van der Waals surface area (Å²) in [5.41, 5.74) is 1.04. The van der Waals surface area contributed by atoms with Crippen LogP contribution in [-0.2, 0) is 12.8 Å². The average Bonchev–Trinajstić information content (AvgIpc) is 2.66. The lowest BCUT2D eigenvalue weighted by Crippen LogP contribution is -1.90. The third kappa shape index (κ3) is 2.62. The van der Waals surface area contributed by atoms with Gasteiger partial charge in [0, 0.05) is 12.8 Å². The quantitative estimate of drug-likeness (QED) is 0.817. The number of aromatic nitrogens is 3. The molecule has 1 heterocycles. The van der Waals surface area contributed by atoms with Crippen LogP contribution in [0.15, 0.2) is 34.2 Å². The van der Waals surface area contributed by atoms with Crippen molar-refractivity contribution in [3.8, 4) is 0 Å². The minimum atomic E-state index is -0.243. The lowest BCUT2D eigenvalue weighted by atomic mass is 10.2. The van der Waals surface area contributed by atoms with Crippen molar-refractivity contribution in [3.05, 3.63) is 40.4 Å². The second kappa shape index (κ2) is 4.97. The van der Waals surface area contributed by atoms with Crippen LogP contribution in [0.4, 0.5) is 4.39 Å². The number of rotatable bonds is 3. The molecule has 6 heteroatoms. The molecule has 0 saturated carbocycles. The maximum Gasteiger partial charge on any atom is 0.191 e. The monoisotopic (exact) mass is 301 g/mol. The van der Waals surface area contributed by atoms with Crippen molar-refractivity contribution in [1.82, 2.24) is 14.8 Å². The van der Waals surface area contributed by atoms with E-state index in [0.717, 1.165) is 16.5 Å². The molecule has 2 aromatic rings. The molecule has 16 heavy (non-hydrogen) atoms. The molecule has 0 unspecified atom stereocenters. The maximum atomic E-state index is 13.0. The molecule has 0 bridgehead atoms. The van der Waals surface area contributed by atoms with Gasteiger partial charge >= 0.3 is 0 Å². The van der Waals surface area contributed by atoms with Gasteiger partial charge in [0.1, 0.15) is 12.1 Å². The van der Waals surface area contributed by atoms with Crippen LogP contribution in [0.1, 0.15) is 5.56 Å². The molecule has 1 aromatic heterocycles. The van der Waals surface area contributed by atoms with E-state index in [1.54, 1.807) is 30.2 Å². The largest absolute Gasteiger partial charge is 0.312 e.